The van der Waals surface area contributed by atoms with Crippen LogP contribution in [0, 0.1) is 5.82 Å². The predicted molar refractivity (Wildman–Crippen MR) is 48.7 cm³/mol. The van der Waals surface area contributed by atoms with Crippen LogP contribution in [0.25, 0.3) is 0 Å². The second-order valence-electron chi connectivity index (χ2n) is 2.58. The Balaban J connectivity index is 2.89. The number of carbonyl (C=O) groups excluding carboxylic acids is 1. The first-order valence-corrected chi connectivity index (χ1v) is 4.35. The summed E-state index contributed by atoms with van der Waals surface area (Å²) in [6.07, 6.45) is 0. The maximum Gasteiger partial charge on any atom is 0.204 e. The van der Waals surface area contributed by atoms with Gasteiger partial charge in [-0.3, -0.25) is 4.79 Å². The lowest BCUT2D eigenvalue weighted by molar-refractivity contribution is -0.111. The highest BCUT2D eigenvalue weighted by atomic mass is 79.9. The second-order valence-corrected chi connectivity index (χ2v) is 3.36. The minimum absolute atomic E-state index is 0.0888. The van der Waals surface area contributed by atoms with Crippen molar-refractivity contribution in [3.63, 3.8) is 0 Å². The topological polar surface area (TPSA) is 17.1 Å². The standard InChI is InChI=1S/C9H8BrFO/c1-6(9(10)12)7-2-4-8(11)5-3-7/h2-6H,1H3. The zero-order valence-corrected chi connectivity index (χ0v) is 8.14. The van der Waals surface area contributed by atoms with Crippen LogP contribution in [0.5, 0.6) is 0 Å². The zero-order chi connectivity index (χ0) is 9.14. The third kappa shape index (κ3) is 2.14. The van der Waals surface area contributed by atoms with E-state index >= 15 is 0 Å². The SMILES string of the molecule is CC(C(=O)Br)c1ccc(F)cc1. The Labute approximate surface area is 78.7 Å². The molecule has 0 aliphatic rings. The highest BCUT2D eigenvalue weighted by Crippen LogP contribution is 2.18. The maximum absolute atomic E-state index is 12.5. The summed E-state index contributed by atoms with van der Waals surface area (Å²) in [6, 6.07) is 5.92. The average Bonchev–Trinajstić information content (AvgIpc) is 2.04. The molecule has 0 amide bonds. The highest BCUT2D eigenvalue weighted by Gasteiger charge is 2.11. The largest absolute Gasteiger partial charge is 0.286 e. The van der Waals surface area contributed by atoms with E-state index in [1.807, 2.05) is 0 Å². The molecule has 0 aromatic heterocycles. The lowest BCUT2D eigenvalue weighted by atomic mass is 10.0. The molecule has 0 aliphatic carbocycles. The fourth-order valence-electron chi connectivity index (χ4n) is 0.882. The monoisotopic (exact) mass is 230 g/mol. The smallest absolute Gasteiger partial charge is 0.204 e. The van der Waals surface area contributed by atoms with Crippen molar-refractivity contribution in [1.29, 1.82) is 0 Å². The van der Waals surface area contributed by atoms with Gasteiger partial charge in [0.25, 0.3) is 0 Å². The van der Waals surface area contributed by atoms with E-state index in [2.05, 4.69) is 15.9 Å². The van der Waals surface area contributed by atoms with E-state index in [4.69, 9.17) is 0 Å². The van der Waals surface area contributed by atoms with Crippen LogP contribution >= 0.6 is 15.9 Å². The quantitative estimate of drug-likeness (QED) is 0.715. The van der Waals surface area contributed by atoms with Crippen molar-refractivity contribution in [3.8, 4) is 0 Å². The number of halogens is 2. The summed E-state index contributed by atoms with van der Waals surface area (Å²) >= 11 is 2.86. The van der Waals surface area contributed by atoms with Gasteiger partial charge in [0, 0.05) is 0 Å². The Bertz CT molecular complexity index is 281. The summed E-state index contributed by atoms with van der Waals surface area (Å²) in [7, 11) is 0. The number of hydrogen-bond donors (Lipinski definition) is 0. The molecule has 12 heavy (non-hydrogen) atoms. The van der Waals surface area contributed by atoms with Crippen molar-refractivity contribution in [1.82, 2.24) is 0 Å². The van der Waals surface area contributed by atoms with Crippen LogP contribution in [0.3, 0.4) is 0 Å². The van der Waals surface area contributed by atoms with Crippen LogP contribution in [0.4, 0.5) is 4.39 Å². The number of rotatable bonds is 2. The minimum Gasteiger partial charge on any atom is -0.286 e. The van der Waals surface area contributed by atoms with Crippen molar-refractivity contribution >= 4 is 20.6 Å². The van der Waals surface area contributed by atoms with Crippen molar-refractivity contribution in [2.24, 2.45) is 0 Å². The lowest BCUT2D eigenvalue weighted by Crippen LogP contribution is -2.00. The lowest BCUT2D eigenvalue weighted by Gasteiger charge is -2.05. The van der Waals surface area contributed by atoms with Gasteiger partial charge in [0.15, 0.2) is 0 Å². The molecule has 1 aromatic carbocycles. The van der Waals surface area contributed by atoms with Crippen LogP contribution < -0.4 is 0 Å². The Hall–Kier alpha value is -0.700. The van der Waals surface area contributed by atoms with Gasteiger partial charge in [0.05, 0.1) is 5.92 Å². The fourth-order valence-corrected chi connectivity index (χ4v) is 1.15. The van der Waals surface area contributed by atoms with Crippen LogP contribution in [0.2, 0.25) is 0 Å². The Morgan fingerprint density at radius 3 is 2.33 bits per heavy atom. The molecule has 0 aliphatic heterocycles. The van der Waals surface area contributed by atoms with Gasteiger partial charge < -0.3 is 0 Å². The van der Waals surface area contributed by atoms with Gasteiger partial charge in [-0.25, -0.2) is 4.39 Å². The van der Waals surface area contributed by atoms with E-state index in [1.165, 1.54) is 12.1 Å². The molecule has 1 rings (SSSR count). The molecule has 0 fully saturated rings. The number of hydrogen-bond acceptors (Lipinski definition) is 1. The molecule has 0 spiro atoms. The van der Waals surface area contributed by atoms with E-state index in [-0.39, 0.29) is 16.4 Å². The third-order valence-electron chi connectivity index (χ3n) is 1.71. The van der Waals surface area contributed by atoms with Gasteiger partial charge in [0.2, 0.25) is 4.69 Å². The molecule has 0 saturated heterocycles. The molecular weight excluding hydrogens is 223 g/mol. The Morgan fingerprint density at radius 2 is 1.92 bits per heavy atom. The van der Waals surface area contributed by atoms with E-state index in [0.717, 1.165) is 5.56 Å². The van der Waals surface area contributed by atoms with E-state index in [0.29, 0.717) is 0 Å². The van der Waals surface area contributed by atoms with Crippen LogP contribution in [-0.4, -0.2) is 4.69 Å². The molecule has 1 atom stereocenters. The minimum atomic E-state index is -0.284. The molecule has 0 N–H and O–H groups in total. The van der Waals surface area contributed by atoms with Crippen molar-refractivity contribution < 1.29 is 9.18 Å². The van der Waals surface area contributed by atoms with Gasteiger partial charge >= 0.3 is 0 Å². The molecule has 0 saturated carbocycles. The molecule has 1 aromatic rings. The molecule has 3 heteroatoms. The number of benzene rings is 1. The van der Waals surface area contributed by atoms with Gasteiger partial charge in [-0.2, -0.15) is 0 Å². The van der Waals surface area contributed by atoms with Crippen LogP contribution in [0.1, 0.15) is 18.4 Å². The second kappa shape index (κ2) is 3.81. The summed E-state index contributed by atoms with van der Waals surface area (Å²) in [4.78, 5) is 10.9. The molecule has 64 valence electrons. The summed E-state index contributed by atoms with van der Waals surface area (Å²) < 4.78 is 12.4. The molecule has 0 radical (unpaired) electrons. The first-order chi connectivity index (χ1) is 5.61. The molecule has 1 nitrogen and oxygen atoms in total. The zero-order valence-electron chi connectivity index (χ0n) is 6.55. The summed E-state index contributed by atoms with van der Waals surface area (Å²) in [6.45, 7) is 1.77. The maximum atomic E-state index is 12.5. The normalized spacial score (nSPS) is 12.6. The van der Waals surface area contributed by atoms with Crippen molar-refractivity contribution in [3.05, 3.63) is 35.6 Å². The van der Waals surface area contributed by atoms with E-state index in [9.17, 15) is 9.18 Å². The molecule has 0 heterocycles. The van der Waals surface area contributed by atoms with Crippen molar-refractivity contribution in [2.45, 2.75) is 12.8 Å². The van der Waals surface area contributed by atoms with Gasteiger partial charge in [-0.15, -0.1) is 0 Å². The first-order valence-electron chi connectivity index (χ1n) is 3.56. The van der Waals surface area contributed by atoms with Crippen molar-refractivity contribution in [2.75, 3.05) is 0 Å². The van der Waals surface area contributed by atoms with E-state index in [1.54, 1.807) is 19.1 Å². The highest BCUT2D eigenvalue weighted by molar-refractivity contribution is 9.18. The molecule has 1 unspecified atom stereocenters. The first kappa shape index (κ1) is 9.39. The molecular formula is C9H8BrFO. The summed E-state index contributed by atoms with van der Waals surface area (Å²) in [5.41, 5.74) is 0.818. The predicted octanol–water partition coefficient (Wildman–Crippen LogP) is 2.85. The third-order valence-corrected chi connectivity index (χ3v) is 2.40. The van der Waals surface area contributed by atoms with E-state index < -0.39 is 0 Å². The average molecular weight is 231 g/mol. The Morgan fingerprint density at radius 1 is 1.42 bits per heavy atom. The van der Waals surface area contributed by atoms with Gasteiger partial charge in [-0.1, -0.05) is 19.1 Å². The van der Waals surface area contributed by atoms with Gasteiger partial charge in [-0.05, 0) is 33.6 Å². The fraction of sp³-hybridized carbons (Fsp3) is 0.222. The van der Waals surface area contributed by atoms with Crippen LogP contribution in [-0.2, 0) is 4.79 Å². The summed E-state index contributed by atoms with van der Waals surface area (Å²) in [5.74, 6) is -0.501. The number of carbonyl (C=O) groups is 1. The van der Waals surface area contributed by atoms with Crippen LogP contribution in [0.15, 0.2) is 24.3 Å². The summed E-state index contributed by atoms with van der Waals surface area (Å²) in [5, 5.41) is 0. The van der Waals surface area contributed by atoms with Gasteiger partial charge in [0.1, 0.15) is 5.82 Å². The Kier molecular flexibility index (Phi) is 2.98. The molecule has 0 bridgehead atoms.